The molecule has 5 nitrogen and oxygen atoms in total. The number of aryl methyl sites for hydroxylation is 1. The zero-order valence-corrected chi connectivity index (χ0v) is 18.6. The van der Waals surface area contributed by atoms with Crippen LogP contribution in [0.4, 0.5) is 11.4 Å². The summed E-state index contributed by atoms with van der Waals surface area (Å²) < 4.78 is 30.1. The minimum atomic E-state index is -3.81. The first-order valence-corrected chi connectivity index (χ1v) is 11.9. The summed E-state index contributed by atoms with van der Waals surface area (Å²) in [6.07, 6.45) is 0.799. The van der Waals surface area contributed by atoms with Gasteiger partial charge in [-0.15, -0.1) is 0 Å². The molecule has 0 radical (unpaired) electrons. The summed E-state index contributed by atoms with van der Waals surface area (Å²) >= 11 is 3.58. The Labute approximate surface area is 183 Å². The molecule has 0 bridgehead atoms. The van der Waals surface area contributed by atoms with Gasteiger partial charge in [-0.05, 0) is 64.8 Å². The van der Waals surface area contributed by atoms with Crippen molar-refractivity contribution in [2.45, 2.75) is 23.8 Å². The Kier molecular flexibility index (Phi) is 4.48. The second kappa shape index (κ2) is 6.96. The topological polar surface area (TPSA) is 66.5 Å². The number of hydrogen-bond acceptors (Lipinski definition) is 4. The highest BCUT2D eigenvalue weighted by Crippen LogP contribution is 2.55. The van der Waals surface area contributed by atoms with E-state index in [1.165, 1.54) is 0 Å². The van der Waals surface area contributed by atoms with Crippen molar-refractivity contribution in [2.75, 3.05) is 16.2 Å². The number of carbonyl (C=O) groups excluding carboxylic acids is 1. The molecule has 0 saturated heterocycles. The Hall–Kier alpha value is -2.64. The van der Waals surface area contributed by atoms with Crippen molar-refractivity contribution in [3.05, 3.63) is 87.4 Å². The van der Waals surface area contributed by atoms with Crippen LogP contribution in [0, 0.1) is 6.92 Å². The fourth-order valence-electron chi connectivity index (χ4n) is 4.48. The zero-order valence-electron chi connectivity index (χ0n) is 16.2. The lowest BCUT2D eigenvalue weighted by Gasteiger charge is -2.35. The molecule has 2 aliphatic heterocycles. The number of rotatable bonds is 3. The quantitative estimate of drug-likeness (QED) is 0.531. The van der Waals surface area contributed by atoms with Gasteiger partial charge in [0, 0.05) is 28.1 Å². The molecule has 0 fully saturated rings. The summed E-state index contributed by atoms with van der Waals surface area (Å²) in [7, 11) is -3.81. The van der Waals surface area contributed by atoms with E-state index in [0.717, 1.165) is 33.1 Å². The number of para-hydroxylation sites is 1. The van der Waals surface area contributed by atoms with Gasteiger partial charge in [0.2, 0.25) is 0 Å². The van der Waals surface area contributed by atoms with Crippen LogP contribution >= 0.6 is 15.9 Å². The van der Waals surface area contributed by atoms with E-state index in [2.05, 4.69) is 21.2 Å². The lowest BCUT2D eigenvalue weighted by atomic mass is 9.86. The smallest absolute Gasteiger partial charge is 0.264 e. The van der Waals surface area contributed by atoms with Crippen LogP contribution in [0.15, 0.2) is 70.0 Å². The van der Waals surface area contributed by atoms with E-state index in [1.807, 2.05) is 43.3 Å². The number of nitrogens with one attached hydrogen (secondary N) is 1. The number of fused-ring (bicyclic) bond motifs is 5. The molecule has 0 amide bonds. The van der Waals surface area contributed by atoms with Crippen molar-refractivity contribution in [1.82, 2.24) is 0 Å². The molecule has 0 unspecified atom stereocenters. The molecule has 3 aromatic rings. The highest BCUT2D eigenvalue weighted by molar-refractivity contribution is 9.10. The van der Waals surface area contributed by atoms with E-state index in [4.69, 9.17) is 0 Å². The SMILES string of the molecule is Cc1ccc(S(=O)(=O)N2c3ccc(C=O)cc3[C@H]3CNc4c(Br)cccc4[C@H]32)cc1. The number of halogens is 1. The van der Waals surface area contributed by atoms with Gasteiger partial charge in [0.1, 0.15) is 6.29 Å². The van der Waals surface area contributed by atoms with E-state index in [1.54, 1.807) is 28.6 Å². The summed E-state index contributed by atoms with van der Waals surface area (Å²) in [4.78, 5) is 11.6. The fourth-order valence-corrected chi connectivity index (χ4v) is 6.69. The van der Waals surface area contributed by atoms with Crippen molar-refractivity contribution < 1.29 is 13.2 Å². The number of carbonyl (C=O) groups is 1. The Morgan fingerprint density at radius 1 is 1.07 bits per heavy atom. The number of benzene rings is 3. The summed E-state index contributed by atoms with van der Waals surface area (Å²) in [5, 5.41) is 3.44. The van der Waals surface area contributed by atoms with Gasteiger partial charge >= 0.3 is 0 Å². The van der Waals surface area contributed by atoms with Crippen LogP contribution < -0.4 is 9.62 Å². The van der Waals surface area contributed by atoms with Crippen LogP contribution in [-0.2, 0) is 10.0 Å². The van der Waals surface area contributed by atoms with E-state index in [9.17, 15) is 13.2 Å². The number of hydrogen-bond donors (Lipinski definition) is 1. The monoisotopic (exact) mass is 482 g/mol. The van der Waals surface area contributed by atoms with Crippen LogP contribution in [0.2, 0.25) is 0 Å². The predicted molar refractivity (Wildman–Crippen MR) is 121 cm³/mol. The first-order valence-electron chi connectivity index (χ1n) is 9.64. The molecule has 2 aliphatic rings. The molecule has 5 rings (SSSR count). The molecule has 152 valence electrons. The number of nitrogens with zero attached hydrogens (tertiary/aromatic N) is 1. The van der Waals surface area contributed by atoms with Crippen molar-refractivity contribution in [2.24, 2.45) is 0 Å². The summed E-state index contributed by atoms with van der Waals surface area (Å²) in [6.45, 7) is 2.51. The number of sulfonamides is 1. The molecule has 1 N–H and O–H groups in total. The van der Waals surface area contributed by atoms with E-state index < -0.39 is 10.0 Å². The second-order valence-corrected chi connectivity index (χ2v) is 10.4. The maximum absolute atomic E-state index is 13.8. The Morgan fingerprint density at radius 2 is 1.83 bits per heavy atom. The molecule has 2 atom stereocenters. The first kappa shape index (κ1) is 19.3. The van der Waals surface area contributed by atoms with E-state index >= 15 is 0 Å². The minimum Gasteiger partial charge on any atom is -0.383 e. The third-order valence-corrected chi connectivity index (χ3v) is 8.37. The molecule has 30 heavy (non-hydrogen) atoms. The highest BCUT2D eigenvalue weighted by atomic mass is 79.9. The van der Waals surface area contributed by atoms with Gasteiger partial charge in [-0.2, -0.15) is 0 Å². The number of anilines is 2. The average molecular weight is 483 g/mol. The fraction of sp³-hybridized carbons (Fsp3) is 0.174. The van der Waals surface area contributed by atoms with Gasteiger partial charge in [-0.3, -0.25) is 9.10 Å². The predicted octanol–water partition coefficient (Wildman–Crippen LogP) is 5.03. The molecule has 7 heteroatoms. The van der Waals surface area contributed by atoms with E-state index in [0.29, 0.717) is 17.8 Å². The molecule has 0 aromatic heterocycles. The van der Waals surface area contributed by atoms with Crippen molar-refractivity contribution in [3.8, 4) is 0 Å². The summed E-state index contributed by atoms with van der Waals surface area (Å²) in [5.41, 5.74) is 4.87. The zero-order chi connectivity index (χ0) is 21.0. The second-order valence-electron chi connectivity index (χ2n) is 7.69. The lowest BCUT2D eigenvalue weighted by Crippen LogP contribution is -2.37. The van der Waals surface area contributed by atoms with E-state index in [-0.39, 0.29) is 16.9 Å². The van der Waals surface area contributed by atoms with Gasteiger partial charge in [-0.1, -0.05) is 29.8 Å². The third-order valence-electron chi connectivity index (χ3n) is 5.90. The molecular formula is C23H19BrN2O3S. The highest BCUT2D eigenvalue weighted by Gasteiger charge is 2.48. The van der Waals surface area contributed by atoms with Gasteiger partial charge < -0.3 is 5.32 Å². The molecular weight excluding hydrogens is 464 g/mol. The van der Waals surface area contributed by atoms with Crippen molar-refractivity contribution in [3.63, 3.8) is 0 Å². The van der Waals surface area contributed by atoms with Crippen LogP contribution in [0.25, 0.3) is 0 Å². The molecule has 0 spiro atoms. The van der Waals surface area contributed by atoms with Crippen molar-refractivity contribution >= 4 is 43.6 Å². The standard InChI is InChI=1S/C23H19BrN2O3S/c1-14-5-8-16(9-6-14)30(28,29)26-21-10-7-15(13-27)11-18(21)19-12-25-22-17(23(19)26)3-2-4-20(22)24/h2-11,13,19,23,25H,12H2,1H3/t19-,23-/m1/s1. The van der Waals surface area contributed by atoms with Crippen LogP contribution in [0.3, 0.4) is 0 Å². The lowest BCUT2D eigenvalue weighted by molar-refractivity contribution is 0.112. The van der Waals surface area contributed by atoms with Crippen LogP contribution in [0.1, 0.15) is 39.0 Å². The van der Waals surface area contributed by atoms with Crippen LogP contribution in [0.5, 0.6) is 0 Å². The first-order chi connectivity index (χ1) is 14.4. The maximum atomic E-state index is 13.8. The summed E-state index contributed by atoms with van der Waals surface area (Å²) in [6, 6.07) is 17.6. The van der Waals surface area contributed by atoms with Gasteiger partial charge in [0.05, 0.1) is 22.3 Å². The largest absolute Gasteiger partial charge is 0.383 e. The summed E-state index contributed by atoms with van der Waals surface area (Å²) in [5.74, 6) is -0.0954. The van der Waals surface area contributed by atoms with Crippen molar-refractivity contribution in [1.29, 1.82) is 0 Å². The average Bonchev–Trinajstić information content (AvgIpc) is 3.09. The Morgan fingerprint density at radius 3 is 2.57 bits per heavy atom. The molecule has 3 aromatic carbocycles. The van der Waals surface area contributed by atoms with Gasteiger partial charge in [0.25, 0.3) is 10.0 Å². The normalized spacial score (nSPS) is 19.5. The Balaban J connectivity index is 1.76. The Bertz CT molecular complexity index is 1270. The maximum Gasteiger partial charge on any atom is 0.264 e. The molecule has 0 aliphatic carbocycles. The van der Waals surface area contributed by atoms with Crippen LogP contribution in [-0.4, -0.2) is 21.2 Å². The van der Waals surface area contributed by atoms with Gasteiger partial charge in [-0.25, -0.2) is 8.42 Å². The third kappa shape index (κ3) is 2.80. The number of aldehydes is 1. The minimum absolute atomic E-state index is 0.0954. The molecule has 2 heterocycles. The molecule has 0 saturated carbocycles. The van der Waals surface area contributed by atoms with Gasteiger partial charge in [0.15, 0.2) is 0 Å².